The van der Waals surface area contributed by atoms with Crippen LogP contribution in [0.2, 0.25) is 5.02 Å². The lowest BCUT2D eigenvalue weighted by atomic mass is 9.98. The van der Waals surface area contributed by atoms with Crippen LogP contribution in [-0.4, -0.2) is 40.2 Å². The summed E-state index contributed by atoms with van der Waals surface area (Å²) in [4.78, 5) is 26.6. The van der Waals surface area contributed by atoms with Gasteiger partial charge in [0.1, 0.15) is 11.0 Å². The van der Waals surface area contributed by atoms with Crippen molar-refractivity contribution in [3.05, 3.63) is 59.1 Å². The summed E-state index contributed by atoms with van der Waals surface area (Å²) in [6.45, 7) is 3.62. The molecule has 2 aromatic carbocycles. The second-order valence-electron chi connectivity index (χ2n) is 8.09. The first-order chi connectivity index (χ1) is 15.3. The SMILES string of the molecule is CC1CCN(C(=O)C(CCc2ccccc2Cl)NS(=O)c2ccc(NC(N)=O)cc2)CC1. The quantitative estimate of drug-likeness (QED) is 0.541. The Bertz CT molecular complexity index is 962. The Morgan fingerprint density at radius 1 is 1.16 bits per heavy atom. The number of aryl methyl sites for hydroxylation is 1. The van der Waals surface area contributed by atoms with Crippen LogP contribution in [0.5, 0.6) is 0 Å². The average molecular weight is 477 g/mol. The molecule has 172 valence electrons. The number of rotatable bonds is 8. The number of carbonyl (C=O) groups is 2. The molecular weight excluding hydrogens is 448 g/mol. The van der Waals surface area contributed by atoms with Crippen LogP contribution in [0.15, 0.2) is 53.4 Å². The molecule has 3 amide bonds. The molecule has 1 aliphatic heterocycles. The smallest absolute Gasteiger partial charge is 0.316 e. The van der Waals surface area contributed by atoms with E-state index in [0.29, 0.717) is 47.5 Å². The molecule has 32 heavy (non-hydrogen) atoms. The van der Waals surface area contributed by atoms with Gasteiger partial charge in [-0.15, -0.1) is 0 Å². The Hall–Kier alpha value is -2.42. The summed E-state index contributed by atoms with van der Waals surface area (Å²) >= 11 is 6.29. The van der Waals surface area contributed by atoms with Gasteiger partial charge in [0.2, 0.25) is 5.91 Å². The number of anilines is 1. The lowest BCUT2D eigenvalue weighted by Crippen LogP contribution is -2.49. The van der Waals surface area contributed by atoms with Gasteiger partial charge in [-0.25, -0.2) is 13.7 Å². The van der Waals surface area contributed by atoms with Crippen molar-refractivity contribution in [1.82, 2.24) is 9.62 Å². The van der Waals surface area contributed by atoms with Gasteiger partial charge in [-0.3, -0.25) is 4.79 Å². The summed E-state index contributed by atoms with van der Waals surface area (Å²) in [5.41, 5.74) is 6.58. The number of nitrogens with two attached hydrogens (primary N) is 1. The molecule has 0 aliphatic carbocycles. The number of amides is 3. The lowest BCUT2D eigenvalue weighted by molar-refractivity contribution is -0.134. The Morgan fingerprint density at radius 3 is 2.44 bits per heavy atom. The number of carbonyl (C=O) groups excluding carboxylic acids is 2. The fourth-order valence-corrected chi connectivity index (χ4v) is 4.91. The third kappa shape index (κ3) is 6.79. The Balaban J connectivity index is 1.72. The van der Waals surface area contributed by atoms with Crippen LogP contribution < -0.4 is 15.8 Å². The maximum Gasteiger partial charge on any atom is 0.316 e. The molecule has 0 bridgehead atoms. The molecular formula is C23H29ClN4O3S. The van der Waals surface area contributed by atoms with Gasteiger partial charge in [0.25, 0.3) is 0 Å². The molecule has 0 aromatic heterocycles. The van der Waals surface area contributed by atoms with Gasteiger partial charge in [-0.05, 0) is 67.5 Å². The molecule has 0 spiro atoms. The molecule has 9 heteroatoms. The number of halogens is 1. The zero-order valence-electron chi connectivity index (χ0n) is 18.1. The van der Waals surface area contributed by atoms with Crippen LogP contribution in [0, 0.1) is 5.92 Å². The normalized spacial score (nSPS) is 16.4. The minimum atomic E-state index is -1.60. The molecule has 1 fully saturated rings. The van der Waals surface area contributed by atoms with E-state index < -0.39 is 23.1 Å². The van der Waals surface area contributed by atoms with Crippen molar-refractivity contribution in [2.24, 2.45) is 11.7 Å². The van der Waals surface area contributed by atoms with E-state index in [9.17, 15) is 13.8 Å². The average Bonchev–Trinajstić information content (AvgIpc) is 2.77. The number of nitrogens with one attached hydrogen (secondary N) is 2. The highest BCUT2D eigenvalue weighted by Gasteiger charge is 2.28. The summed E-state index contributed by atoms with van der Waals surface area (Å²) < 4.78 is 16.0. The van der Waals surface area contributed by atoms with E-state index in [0.717, 1.165) is 18.4 Å². The van der Waals surface area contributed by atoms with Crippen molar-refractivity contribution < 1.29 is 13.8 Å². The first-order valence-electron chi connectivity index (χ1n) is 10.7. The van der Waals surface area contributed by atoms with Crippen LogP contribution >= 0.6 is 11.6 Å². The molecule has 1 saturated heterocycles. The molecule has 2 unspecified atom stereocenters. The summed E-state index contributed by atoms with van der Waals surface area (Å²) in [5.74, 6) is 0.569. The molecule has 2 atom stereocenters. The Morgan fingerprint density at radius 2 is 1.81 bits per heavy atom. The van der Waals surface area contributed by atoms with E-state index in [1.165, 1.54) is 0 Å². The second kappa shape index (κ2) is 11.4. The van der Waals surface area contributed by atoms with Crippen molar-refractivity contribution in [1.29, 1.82) is 0 Å². The third-order valence-corrected chi connectivity index (χ3v) is 7.21. The zero-order valence-corrected chi connectivity index (χ0v) is 19.6. The first kappa shape index (κ1) is 24.2. The molecule has 0 saturated carbocycles. The summed E-state index contributed by atoms with van der Waals surface area (Å²) in [6, 6.07) is 12.8. The summed E-state index contributed by atoms with van der Waals surface area (Å²) in [7, 11) is -1.60. The van der Waals surface area contributed by atoms with E-state index in [2.05, 4.69) is 17.0 Å². The Labute approximate surface area is 196 Å². The largest absolute Gasteiger partial charge is 0.351 e. The van der Waals surface area contributed by atoms with Crippen LogP contribution in [-0.2, 0) is 22.2 Å². The van der Waals surface area contributed by atoms with Crippen LogP contribution in [0.4, 0.5) is 10.5 Å². The third-order valence-electron chi connectivity index (χ3n) is 5.64. The molecule has 2 aromatic rings. The number of hydrogen-bond donors (Lipinski definition) is 3. The lowest BCUT2D eigenvalue weighted by Gasteiger charge is -2.33. The van der Waals surface area contributed by atoms with Crippen molar-refractivity contribution >= 4 is 40.2 Å². The van der Waals surface area contributed by atoms with Gasteiger partial charge < -0.3 is 16.0 Å². The highest BCUT2D eigenvalue weighted by atomic mass is 35.5. The van der Waals surface area contributed by atoms with Crippen LogP contribution in [0.25, 0.3) is 0 Å². The molecule has 1 aliphatic rings. The van der Waals surface area contributed by atoms with E-state index in [-0.39, 0.29) is 5.91 Å². The van der Waals surface area contributed by atoms with E-state index in [1.54, 1.807) is 24.3 Å². The number of benzene rings is 2. The standard InChI is InChI=1S/C23H29ClN4O3S/c1-16-12-14-28(15-13-16)22(29)21(11-6-17-4-2-3-5-20(17)24)27-32(31)19-9-7-18(8-10-19)26-23(25)30/h2-5,7-10,16,21,27H,6,11-15H2,1H3,(H3,25,26,30). The van der Waals surface area contributed by atoms with E-state index in [1.807, 2.05) is 29.2 Å². The van der Waals surface area contributed by atoms with Gasteiger partial charge in [0, 0.05) is 23.8 Å². The molecule has 1 heterocycles. The number of nitrogens with zero attached hydrogens (tertiary/aromatic N) is 1. The number of hydrogen-bond acceptors (Lipinski definition) is 3. The highest BCUT2D eigenvalue weighted by Crippen LogP contribution is 2.21. The first-order valence-corrected chi connectivity index (χ1v) is 12.2. The molecule has 0 radical (unpaired) electrons. The van der Waals surface area contributed by atoms with Crippen molar-refractivity contribution in [3.8, 4) is 0 Å². The second-order valence-corrected chi connectivity index (χ2v) is 9.74. The molecule has 4 N–H and O–H groups in total. The van der Waals surface area contributed by atoms with Crippen LogP contribution in [0.1, 0.15) is 31.7 Å². The van der Waals surface area contributed by atoms with Gasteiger partial charge in [0.05, 0.1) is 10.9 Å². The van der Waals surface area contributed by atoms with Gasteiger partial charge in [-0.1, -0.05) is 36.7 Å². The maximum absolute atomic E-state index is 13.3. The fourth-order valence-electron chi connectivity index (χ4n) is 3.68. The number of primary amides is 1. The van der Waals surface area contributed by atoms with Crippen LogP contribution in [0.3, 0.4) is 0 Å². The van der Waals surface area contributed by atoms with E-state index >= 15 is 0 Å². The van der Waals surface area contributed by atoms with Crippen molar-refractivity contribution in [2.75, 3.05) is 18.4 Å². The topological polar surface area (TPSA) is 105 Å². The van der Waals surface area contributed by atoms with Crippen molar-refractivity contribution in [3.63, 3.8) is 0 Å². The fraction of sp³-hybridized carbons (Fsp3) is 0.391. The minimum absolute atomic E-state index is 0.0377. The number of likely N-dealkylation sites (tertiary alicyclic amines) is 1. The monoisotopic (exact) mass is 476 g/mol. The van der Waals surface area contributed by atoms with E-state index in [4.69, 9.17) is 17.3 Å². The molecule has 7 nitrogen and oxygen atoms in total. The van der Waals surface area contributed by atoms with Gasteiger partial charge >= 0.3 is 6.03 Å². The maximum atomic E-state index is 13.3. The molecule has 3 rings (SSSR count). The minimum Gasteiger partial charge on any atom is -0.351 e. The predicted molar refractivity (Wildman–Crippen MR) is 128 cm³/mol. The van der Waals surface area contributed by atoms with Gasteiger partial charge in [0.15, 0.2) is 0 Å². The highest BCUT2D eigenvalue weighted by molar-refractivity contribution is 7.83. The zero-order chi connectivity index (χ0) is 23.1. The summed E-state index contributed by atoms with van der Waals surface area (Å²) in [6.07, 6.45) is 3.01. The predicted octanol–water partition coefficient (Wildman–Crippen LogP) is 3.70. The Kier molecular flexibility index (Phi) is 8.67. The van der Waals surface area contributed by atoms with Crippen molar-refractivity contribution in [2.45, 2.75) is 43.5 Å². The van der Waals surface area contributed by atoms with Gasteiger partial charge in [-0.2, -0.15) is 0 Å². The number of piperidine rings is 1. The number of urea groups is 1. The summed E-state index contributed by atoms with van der Waals surface area (Å²) in [5, 5.41) is 3.12.